The second-order valence-corrected chi connectivity index (χ2v) is 5.08. The number of nitro benzene ring substituents is 1. The van der Waals surface area contributed by atoms with Crippen molar-refractivity contribution in [3.05, 3.63) is 38.3 Å². The van der Waals surface area contributed by atoms with Gasteiger partial charge in [0, 0.05) is 6.07 Å². The molecule has 3 N–H and O–H groups in total. The van der Waals surface area contributed by atoms with E-state index in [1.165, 1.54) is 6.07 Å². The molecule has 2 atom stereocenters. The summed E-state index contributed by atoms with van der Waals surface area (Å²) in [7, 11) is 0. The van der Waals surface area contributed by atoms with Crippen LogP contribution in [0, 0.1) is 16.0 Å². The van der Waals surface area contributed by atoms with Gasteiger partial charge in [0.05, 0.1) is 21.5 Å². The van der Waals surface area contributed by atoms with Crippen LogP contribution < -0.4 is 5.73 Å². The molecule has 5 nitrogen and oxygen atoms in total. The van der Waals surface area contributed by atoms with Crippen molar-refractivity contribution in [1.82, 2.24) is 0 Å². The molecule has 0 unspecified atom stereocenters. The lowest BCUT2D eigenvalue weighted by Crippen LogP contribution is -2.30. The van der Waals surface area contributed by atoms with Crippen LogP contribution in [0.2, 0.25) is 0 Å². The van der Waals surface area contributed by atoms with Crippen LogP contribution in [0.25, 0.3) is 0 Å². The monoisotopic (exact) mass is 302 g/mol. The van der Waals surface area contributed by atoms with Crippen molar-refractivity contribution < 1.29 is 10.0 Å². The van der Waals surface area contributed by atoms with Gasteiger partial charge in [-0.15, -0.1) is 0 Å². The standard InChI is InChI=1S/C11H15BrN2O3/c1-6(2)11(15)10(13)7-3-4-8(12)9(5-7)14(16)17/h3-6,10-11,15H,13H2,1-2H3/t10-,11+/m0/s1. The first-order valence-electron chi connectivity index (χ1n) is 5.22. The van der Waals surface area contributed by atoms with Crippen molar-refractivity contribution in [2.45, 2.75) is 26.0 Å². The zero-order valence-corrected chi connectivity index (χ0v) is 11.2. The number of aliphatic hydroxyl groups excluding tert-OH is 1. The van der Waals surface area contributed by atoms with Gasteiger partial charge in [-0.1, -0.05) is 19.9 Å². The Morgan fingerprint density at radius 1 is 1.47 bits per heavy atom. The van der Waals surface area contributed by atoms with E-state index in [0.717, 1.165) is 0 Å². The Hall–Kier alpha value is -0.980. The minimum Gasteiger partial charge on any atom is -0.391 e. The summed E-state index contributed by atoms with van der Waals surface area (Å²) in [6, 6.07) is 4.01. The maximum absolute atomic E-state index is 10.8. The number of benzene rings is 1. The Balaban J connectivity index is 3.07. The van der Waals surface area contributed by atoms with E-state index < -0.39 is 17.1 Å². The number of hydrogen-bond donors (Lipinski definition) is 2. The molecular formula is C11H15BrN2O3. The molecule has 17 heavy (non-hydrogen) atoms. The number of halogens is 1. The van der Waals surface area contributed by atoms with Crippen LogP contribution >= 0.6 is 15.9 Å². The van der Waals surface area contributed by atoms with Crippen LogP contribution in [-0.4, -0.2) is 16.1 Å². The molecule has 0 amide bonds. The Labute approximate surface area is 108 Å². The zero-order valence-electron chi connectivity index (χ0n) is 9.63. The molecule has 0 aliphatic rings. The SMILES string of the molecule is CC(C)[C@@H](O)[C@@H](N)c1ccc(Br)c([N+](=O)[O-])c1. The second-order valence-electron chi connectivity index (χ2n) is 4.23. The van der Waals surface area contributed by atoms with Crippen LogP contribution in [0.4, 0.5) is 5.69 Å². The molecular weight excluding hydrogens is 288 g/mol. The summed E-state index contributed by atoms with van der Waals surface area (Å²) in [6.45, 7) is 3.69. The maximum atomic E-state index is 10.8. The van der Waals surface area contributed by atoms with Crippen LogP contribution in [0.5, 0.6) is 0 Å². The van der Waals surface area contributed by atoms with E-state index in [0.29, 0.717) is 10.0 Å². The molecule has 1 rings (SSSR count). The molecule has 0 bridgehead atoms. The van der Waals surface area contributed by atoms with Gasteiger partial charge in [0.2, 0.25) is 0 Å². The fraction of sp³-hybridized carbons (Fsp3) is 0.455. The predicted octanol–water partition coefficient (Wildman–Crippen LogP) is 2.37. The third-order valence-electron chi connectivity index (χ3n) is 2.60. The largest absolute Gasteiger partial charge is 0.391 e. The van der Waals surface area contributed by atoms with Crippen molar-refractivity contribution in [2.75, 3.05) is 0 Å². The highest BCUT2D eigenvalue weighted by atomic mass is 79.9. The number of rotatable bonds is 4. The fourth-order valence-corrected chi connectivity index (χ4v) is 1.88. The quantitative estimate of drug-likeness (QED) is 0.660. The van der Waals surface area contributed by atoms with Gasteiger partial charge in [0.15, 0.2) is 0 Å². The average molecular weight is 303 g/mol. The van der Waals surface area contributed by atoms with Crippen LogP contribution in [0.1, 0.15) is 25.5 Å². The van der Waals surface area contributed by atoms with Crippen molar-refractivity contribution in [1.29, 1.82) is 0 Å². The fourth-order valence-electron chi connectivity index (χ4n) is 1.49. The predicted molar refractivity (Wildman–Crippen MR) is 68.6 cm³/mol. The normalized spacial score (nSPS) is 14.7. The summed E-state index contributed by atoms with van der Waals surface area (Å²) in [5.74, 6) is -0.00676. The lowest BCUT2D eigenvalue weighted by Gasteiger charge is -2.22. The summed E-state index contributed by atoms with van der Waals surface area (Å²) in [6.07, 6.45) is -0.726. The highest BCUT2D eigenvalue weighted by molar-refractivity contribution is 9.10. The van der Waals surface area contributed by atoms with Gasteiger partial charge in [-0.3, -0.25) is 10.1 Å². The molecule has 0 saturated heterocycles. The van der Waals surface area contributed by atoms with Crippen molar-refractivity contribution >= 4 is 21.6 Å². The number of nitrogens with zero attached hydrogens (tertiary/aromatic N) is 1. The van der Waals surface area contributed by atoms with Gasteiger partial charge < -0.3 is 10.8 Å². The molecule has 0 aliphatic carbocycles. The molecule has 0 aromatic heterocycles. The van der Waals surface area contributed by atoms with Gasteiger partial charge in [-0.05, 0) is 33.5 Å². The molecule has 0 saturated carbocycles. The number of nitro groups is 1. The van der Waals surface area contributed by atoms with E-state index in [2.05, 4.69) is 15.9 Å². The second kappa shape index (κ2) is 5.57. The Morgan fingerprint density at radius 3 is 2.53 bits per heavy atom. The summed E-state index contributed by atoms with van der Waals surface area (Å²) in [5, 5.41) is 20.6. The van der Waals surface area contributed by atoms with Gasteiger partial charge in [0.25, 0.3) is 5.69 Å². The van der Waals surface area contributed by atoms with Gasteiger partial charge in [0.1, 0.15) is 0 Å². The Morgan fingerprint density at radius 2 is 2.06 bits per heavy atom. The van der Waals surface area contributed by atoms with Crippen LogP contribution in [-0.2, 0) is 0 Å². The third-order valence-corrected chi connectivity index (χ3v) is 3.27. The lowest BCUT2D eigenvalue weighted by molar-refractivity contribution is -0.385. The van der Waals surface area contributed by atoms with Gasteiger partial charge in [-0.25, -0.2) is 0 Å². The molecule has 1 aromatic rings. The molecule has 0 spiro atoms. The molecule has 0 fully saturated rings. The third kappa shape index (κ3) is 3.24. The molecule has 0 radical (unpaired) electrons. The van der Waals surface area contributed by atoms with E-state index >= 15 is 0 Å². The van der Waals surface area contributed by atoms with Crippen molar-refractivity contribution in [3.8, 4) is 0 Å². The number of aliphatic hydroxyl groups is 1. The van der Waals surface area contributed by atoms with E-state index in [-0.39, 0.29) is 11.6 Å². The average Bonchev–Trinajstić information content (AvgIpc) is 2.27. The van der Waals surface area contributed by atoms with Gasteiger partial charge in [-0.2, -0.15) is 0 Å². The lowest BCUT2D eigenvalue weighted by atomic mass is 9.94. The molecule has 1 aromatic carbocycles. The van der Waals surface area contributed by atoms with E-state index in [4.69, 9.17) is 5.73 Å². The van der Waals surface area contributed by atoms with Crippen LogP contribution in [0.3, 0.4) is 0 Å². The summed E-state index contributed by atoms with van der Waals surface area (Å²) in [5.41, 5.74) is 6.38. The van der Waals surface area contributed by atoms with Crippen LogP contribution in [0.15, 0.2) is 22.7 Å². The smallest absolute Gasteiger partial charge is 0.283 e. The summed E-state index contributed by atoms with van der Waals surface area (Å²) in [4.78, 5) is 10.3. The molecule has 94 valence electrons. The van der Waals surface area contributed by atoms with Crippen molar-refractivity contribution in [2.24, 2.45) is 11.7 Å². The first-order valence-corrected chi connectivity index (χ1v) is 6.01. The van der Waals surface area contributed by atoms with E-state index in [1.54, 1.807) is 12.1 Å². The topological polar surface area (TPSA) is 89.4 Å². The number of nitrogens with two attached hydrogens (primary N) is 1. The maximum Gasteiger partial charge on any atom is 0.283 e. The zero-order chi connectivity index (χ0) is 13.2. The minimum absolute atomic E-state index is 0.00676. The highest BCUT2D eigenvalue weighted by Crippen LogP contribution is 2.29. The van der Waals surface area contributed by atoms with E-state index in [9.17, 15) is 15.2 Å². The molecule has 6 heteroatoms. The van der Waals surface area contributed by atoms with Gasteiger partial charge >= 0.3 is 0 Å². The first-order chi connectivity index (χ1) is 7.84. The summed E-state index contributed by atoms with van der Waals surface area (Å²) < 4.78 is 0.400. The van der Waals surface area contributed by atoms with E-state index in [1.807, 2.05) is 13.8 Å². The number of hydrogen-bond acceptors (Lipinski definition) is 4. The molecule has 0 heterocycles. The minimum atomic E-state index is -0.726. The Bertz CT molecular complexity index is 423. The highest BCUT2D eigenvalue weighted by Gasteiger charge is 2.22. The van der Waals surface area contributed by atoms with Crippen molar-refractivity contribution in [3.63, 3.8) is 0 Å². The Kier molecular flexibility index (Phi) is 4.62. The summed E-state index contributed by atoms with van der Waals surface area (Å²) >= 11 is 3.10. The first kappa shape index (κ1) is 14.1. The molecule has 0 aliphatic heterocycles.